The van der Waals surface area contributed by atoms with E-state index in [0.717, 1.165) is 34.7 Å². The number of hydrogen-bond donors (Lipinski definition) is 1. The second kappa shape index (κ2) is 5.61. The highest BCUT2D eigenvalue weighted by Crippen LogP contribution is 2.49. The number of carbonyl (C=O) groups is 1. The van der Waals surface area contributed by atoms with Crippen molar-refractivity contribution in [2.45, 2.75) is 19.3 Å². The molecule has 1 heterocycles. The Labute approximate surface area is 135 Å². The molecule has 1 fully saturated rings. The number of aryl methyl sites for hydroxylation is 1. The Bertz CT molecular complexity index is 756. The Morgan fingerprint density at radius 3 is 2.70 bits per heavy atom. The summed E-state index contributed by atoms with van der Waals surface area (Å²) in [4.78, 5) is 12.4. The van der Waals surface area contributed by atoms with Crippen LogP contribution in [0.2, 0.25) is 0 Å². The number of amides is 1. The zero-order chi connectivity index (χ0) is 15.8. The number of rotatable bonds is 3. The molecule has 1 aliphatic heterocycles. The summed E-state index contributed by atoms with van der Waals surface area (Å²) in [6, 6.07) is 13.8. The molecule has 0 unspecified atom stereocenters. The van der Waals surface area contributed by atoms with Crippen molar-refractivity contribution in [3.8, 4) is 11.5 Å². The lowest BCUT2D eigenvalue weighted by Gasteiger charge is -2.18. The Balaban J connectivity index is 1.45. The average molecular weight is 309 g/mol. The summed E-state index contributed by atoms with van der Waals surface area (Å²) in [5.74, 6) is 1.99. The fraction of sp³-hybridized carbons (Fsp3) is 0.316. The first kappa shape index (κ1) is 14.1. The molecule has 0 spiro atoms. The van der Waals surface area contributed by atoms with Crippen molar-refractivity contribution in [3.63, 3.8) is 0 Å². The maximum absolute atomic E-state index is 12.4. The molecular formula is C19H19NO3. The molecule has 4 heteroatoms. The van der Waals surface area contributed by atoms with Gasteiger partial charge in [-0.25, -0.2) is 0 Å². The van der Waals surface area contributed by atoms with Crippen molar-refractivity contribution < 1.29 is 14.3 Å². The zero-order valence-corrected chi connectivity index (χ0v) is 13.0. The van der Waals surface area contributed by atoms with E-state index in [1.807, 2.05) is 49.4 Å². The molecular weight excluding hydrogens is 290 g/mol. The van der Waals surface area contributed by atoms with Crippen LogP contribution >= 0.6 is 0 Å². The molecule has 4 nitrogen and oxygen atoms in total. The maximum atomic E-state index is 12.4. The number of anilines is 1. The van der Waals surface area contributed by atoms with Gasteiger partial charge in [-0.05, 0) is 48.6 Å². The molecule has 0 radical (unpaired) electrons. The Morgan fingerprint density at radius 1 is 1.09 bits per heavy atom. The summed E-state index contributed by atoms with van der Waals surface area (Å²) in [7, 11) is 0. The van der Waals surface area contributed by atoms with Crippen LogP contribution in [-0.4, -0.2) is 19.1 Å². The van der Waals surface area contributed by atoms with E-state index in [2.05, 4.69) is 5.32 Å². The number of hydrogen-bond acceptors (Lipinski definition) is 3. The molecule has 2 atom stereocenters. The number of nitrogens with one attached hydrogen (secondary N) is 1. The molecule has 2 aromatic carbocycles. The van der Waals surface area contributed by atoms with Gasteiger partial charge in [0.2, 0.25) is 5.91 Å². The average Bonchev–Trinajstić information content (AvgIpc) is 3.37. The van der Waals surface area contributed by atoms with Crippen LogP contribution in [0.4, 0.5) is 5.69 Å². The Morgan fingerprint density at radius 2 is 1.87 bits per heavy atom. The van der Waals surface area contributed by atoms with Crippen LogP contribution in [-0.2, 0) is 4.79 Å². The monoisotopic (exact) mass is 309 g/mol. The number of ether oxygens (including phenoxy) is 2. The van der Waals surface area contributed by atoms with Gasteiger partial charge in [0.25, 0.3) is 0 Å². The predicted molar refractivity (Wildman–Crippen MR) is 88.1 cm³/mol. The Hall–Kier alpha value is -2.49. The van der Waals surface area contributed by atoms with Crippen LogP contribution < -0.4 is 14.8 Å². The molecule has 1 aliphatic carbocycles. The van der Waals surface area contributed by atoms with E-state index < -0.39 is 0 Å². The smallest absolute Gasteiger partial charge is 0.228 e. The lowest BCUT2D eigenvalue weighted by molar-refractivity contribution is -0.117. The quantitative estimate of drug-likeness (QED) is 0.944. The van der Waals surface area contributed by atoms with Crippen molar-refractivity contribution in [2.24, 2.45) is 5.92 Å². The van der Waals surface area contributed by atoms with Crippen molar-refractivity contribution >= 4 is 11.6 Å². The fourth-order valence-corrected chi connectivity index (χ4v) is 3.08. The highest BCUT2D eigenvalue weighted by Gasteiger charge is 2.44. The molecule has 2 aromatic rings. The highest BCUT2D eigenvalue weighted by molar-refractivity contribution is 5.95. The summed E-state index contributed by atoms with van der Waals surface area (Å²) in [5.41, 5.74) is 3.13. The van der Waals surface area contributed by atoms with E-state index in [9.17, 15) is 4.79 Å². The maximum Gasteiger partial charge on any atom is 0.228 e. The van der Waals surface area contributed by atoms with Gasteiger partial charge >= 0.3 is 0 Å². The van der Waals surface area contributed by atoms with Crippen LogP contribution in [0.3, 0.4) is 0 Å². The van der Waals surface area contributed by atoms with Crippen LogP contribution in [0.15, 0.2) is 42.5 Å². The van der Waals surface area contributed by atoms with Gasteiger partial charge in [0.15, 0.2) is 11.5 Å². The van der Waals surface area contributed by atoms with Crippen LogP contribution in [0, 0.1) is 12.8 Å². The first-order chi connectivity index (χ1) is 11.2. The lowest BCUT2D eigenvalue weighted by atomic mass is 10.1. The van der Waals surface area contributed by atoms with E-state index in [4.69, 9.17) is 9.47 Å². The molecule has 118 valence electrons. The van der Waals surface area contributed by atoms with Gasteiger partial charge in [-0.3, -0.25) is 4.79 Å². The first-order valence-corrected chi connectivity index (χ1v) is 7.98. The summed E-state index contributed by atoms with van der Waals surface area (Å²) >= 11 is 0. The second-order valence-electron chi connectivity index (χ2n) is 6.16. The van der Waals surface area contributed by atoms with E-state index in [1.165, 1.54) is 0 Å². The first-order valence-electron chi connectivity index (χ1n) is 7.98. The van der Waals surface area contributed by atoms with Crippen molar-refractivity contribution in [1.29, 1.82) is 0 Å². The summed E-state index contributed by atoms with van der Waals surface area (Å²) in [6.07, 6.45) is 0.886. The third kappa shape index (κ3) is 2.77. The summed E-state index contributed by atoms with van der Waals surface area (Å²) in [6.45, 7) is 3.18. The van der Waals surface area contributed by atoms with E-state index in [0.29, 0.717) is 13.2 Å². The van der Waals surface area contributed by atoms with Crippen LogP contribution in [0.1, 0.15) is 23.5 Å². The van der Waals surface area contributed by atoms with E-state index in [1.54, 1.807) is 0 Å². The molecule has 1 saturated carbocycles. The highest BCUT2D eigenvalue weighted by atomic mass is 16.6. The van der Waals surface area contributed by atoms with Crippen molar-refractivity contribution in [1.82, 2.24) is 0 Å². The molecule has 0 bridgehead atoms. The van der Waals surface area contributed by atoms with Gasteiger partial charge < -0.3 is 14.8 Å². The van der Waals surface area contributed by atoms with E-state index >= 15 is 0 Å². The molecule has 0 aromatic heterocycles. The molecule has 4 rings (SSSR count). The van der Waals surface area contributed by atoms with Gasteiger partial charge in [-0.1, -0.05) is 24.3 Å². The standard InChI is InChI=1S/C19H19NO3/c1-12-4-2-3-5-16(12)20-19(21)15-11-14(15)13-6-7-17-18(10-13)23-9-8-22-17/h2-7,10,14-15H,8-9,11H2,1H3,(H,20,21)/t14-,15-/m0/s1. The second-order valence-corrected chi connectivity index (χ2v) is 6.16. The van der Waals surface area contributed by atoms with E-state index in [-0.39, 0.29) is 17.7 Å². The predicted octanol–water partition coefficient (Wildman–Crippen LogP) is 3.51. The minimum Gasteiger partial charge on any atom is -0.486 e. The number of fused-ring (bicyclic) bond motifs is 1. The van der Waals surface area contributed by atoms with Gasteiger partial charge in [0.05, 0.1) is 0 Å². The third-order valence-electron chi connectivity index (χ3n) is 4.52. The van der Waals surface area contributed by atoms with Gasteiger partial charge in [0.1, 0.15) is 13.2 Å². The largest absolute Gasteiger partial charge is 0.486 e. The SMILES string of the molecule is Cc1ccccc1NC(=O)[C@H]1C[C@H]1c1ccc2c(c1)OCCO2. The molecule has 1 amide bonds. The Kier molecular flexibility index (Phi) is 3.45. The number of para-hydroxylation sites is 1. The lowest BCUT2D eigenvalue weighted by Crippen LogP contribution is -2.16. The molecule has 1 N–H and O–H groups in total. The number of benzene rings is 2. The normalized spacial score (nSPS) is 21.6. The molecule has 2 aliphatic rings. The fourth-order valence-electron chi connectivity index (χ4n) is 3.08. The molecule has 23 heavy (non-hydrogen) atoms. The summed E-state index contributed by atoms with van der Waals surface area (Å²) in [5, 5.41) is 3.04. The zero-order valence-electron chi connectivity index (χ0n) is 13.0. The summed E-state index contributed by atoms with van der Waals surface area (Å²) < 4.78 is 11.2. The van der Waals surface area contributed by atoms with Crippen LogP contribution in [0.25, 0.3) is 0 Å². The van der Waals surface area contributed by atoms with Crippen LogP contribution in [0.5, 0.6) is 11.5 Å². The van der Waals surface area contributed by atoms with Gasteiger partial charge in [0, 0.05) is 11.6 Å². The third-order valence-corrected chi connectivity index (χ3v) is 4.52. The molecule has 0 saturated heterocycles. The minimum absolute atomic E-state index is 0.0390. The topological polar surface area (TPSA) is 47.6 Å². The van der Waals surface area contributed by atoms with Crippen molar-refractivity contribution in [2.75, 3.05) is 18.5 Å². The van der Waals surface area contributed by atoms with Gasteiger partial charge in [-0.15, -0.1) is 0 Å². The van der Waals surface area contributed by atoms with Crippen molar-refractivity contribution in [3.05, 3.63) is 53.6 Å². The minimum atomic E-state index is 0.0390. The number of carbonyl (C=O) groups excluding carboxylic acids is 1. The van der Waals surface area contributed by atoms with Gasteiger partial charge in [-0.2, -0.15) is 0 Å².